The van der Waals surface area contributed by atoms with E-state index in [2.05, 4.69) is 0 Å². The Morgan fingerprint density at radius 2 is 1.52 bits per heavy atom. The summed E-state index contributed by atoms with van der Waals surface area (Å²) in [4.78, 5) is 42.5. The van der Waals surface area contributed by atoms with Gasteiger partial charge < -0.3 is 9.32 Å². The smallest absolute Gasteiger partial charge is 0.262 e. The maximum Gasteiger partial charge on any atom is 0.262 e. The van der Waals surface area contributed by atoms with Gasteiger partial charge in [-0.05, 0) is 80.5 Å². The number of benzene rings is 1. The number of rotatable bonds is 5. The summed E-state index contributed by atoms with van der Waals surface area (Å²) < 4.78 is 5.60. The Labute approximate surface area is 181 Å². The number of carbonyl (C=O) groups excluding carboxylic acids is 3. The molecule has 7 rings (SSSR count). The maximum atomic E-state index is 13.7. The highest BCUT2D eigenvalue weighted by Crippen LogP contribution is 2.58. The van der Waals surface area contributed by atoms with E-state index in [0.29, 0.717) is 35.4 Å². The summed E-state index contributed by atoms with van der Waals surface area (Å²) in [7, 11) is 0. The van der Waals surface area contributed by atoms with Crippen LogP contribution in [-0.4, -0.2) is 39.6 Å². The van der Waals surface area contributed by atoms with Crippen LogP contribution in [0.25, 0.3) is 0 Å². The molecule has 4 fully saturated rings. The minimum atomic E-state index is -0.377. The van der Waals surface area contributed by atoms with Gasteiger partial charge in [0.2, 0.25) is 5.91 Å². The zero-order chi connectivity index (χ0) is 21.2. The number of imide groups is 1. The van der Waals surface area contributed by atoms with Gasteiger partial charge in [-0.3, -0.25) is 19.3 Å². The molecule has 4 saturated carbocycles. The summed E-state index contributed by atoms with van der Waals surface area (Å²) in [6.45, 7) is 0.177. The highest BCUT2D eigenvalue weighted by molar-refractivity contribution is 6.22. The van der Waals surface area contributed by atoms with Crippen LogP contribution in [0.15, 0.2) is 47.1 Å². The van der Waals surface area contributed by atoms with Gasteiger partial charge in [-0.15, -0.1) is 0 Å². The third-order valence-corrected chi connectivity index (χ3v) is 7.95. The van der Waals surface area contributed by atoms with E-state index in [-0.39, 0.29) is 29.8 Å². The molecule has 2 heterocycles. The van der Waals surface area contributed by atoms with E-state index in [0.717, 1.165) is 29.9 Å². The van der Waals surface area contributed by atoms with Crippen LogP contribution in [0, 0.1) is 17.8 Å². The second-order valence-corrected chi connectivity index (χ2v) is 9.94. The second-order valence-electron chi connectivity index (χ2n) is 9.94. The van der Waals surface area contributed by atoms with E-state index in [1.165, 1.54) is 19.3 Å². The molecule has 3 amide bonds. The van der Waals surface area contributed by atoms with Crippen LogP contribution in [0.3, 0.4) is 0 Å². The molecule has 1 aromatic carbocycles. The molecule has 0 radical (unpaired) electrons. The first-order valence-electron chi connectivity index (χ1n) is 11.3. The lowest BCUT2D eigenvalue weighted by Crippen LogP contribution is -2.62. The Morgan fingerprint density at radius 3 is 2.03 bits per heavy atom. The van der Waals surface area contributed by atoms with Crippen molar-refractivity contribution in [3.63, 3.8) is 0 Å². The van der Waals surface area contributed by atoms with Crippen LogP contribution in [0.1, 0.15) is 65.0 Å². The summed E-state index contributed by atoms with van der Waals surface area (Å²) in [5.74, 6) is 1.86. The van der Waals surface area contributed by atoms with Crippen molar-refractivity contribution in [2.24, 2.45) is 17.8 Å². The minimum Gasteiger partial charge on any atom is -0.467 e. The zero-order valence-electron chi connectivity index (χ0n) is 17.5. The predicted molar refractivity (Wildman–Crippen MR) is 112 cm³/mol. The van der Waals surface area contributed by atoms with Gasteiger partial charge in [0.25, 0.3) is 11.8 Å². The molecular formula is C25H26N2O4. The first-order valence-corrected chi connectivity index (χ1v) is 11.3. The van der Waals surface area contributed by atoms with Gasteiger partial charge in [-0.2, -0.15) is 0 Å². The van der Waals surface area contributed by atoms with E-state index in [1.54, 1.807) is 30.5 Å². The van der Waals surface area contributed by atoms with Crippen molar-refractivity contribution in [1.29, 1.82) is 0 Å². The number of hydrogen-bond acceptors (Lipinski definition) is 4. The van der Waals surface area contributed by atoms with E-state index in [1.807, 2.05) is 17.0 Å². The fourth-order valence-corrected chi connectivity index (χ4v) is 7.08. The van der Waals surface area contributed by atoms with Crippen molar-refractivity contribution in [3.05, 3.63) is 59.5 Å². The fourth-order valence-electron chi connectivity index (χ4n) is 7.08. The first-order chi connectivity index (χ1) is 15.0. The van der Waals surface area contributed by atoms with Crippen molar-refractivity contribution in [1.82, 2.24) is 9.80 Å². The zero-order valence-corrected chi connectivity index (χ0v) is 17.5. The third-order valence-electron chi connectivity index (χ3n) is 7.95. The Kier molecular flexibility index (Phi) is 4.14. The van der Waals surface area contributed by atoms with E-state index >= 15 is 0 Å². The second kappa shape index (κ2) is 6.81. The standard InChI is InChI=1S/C25H26N2O4/c28-22(15-26-23(29)20-5-1-2-6-21(20)24(26)30)27(14-19-4-3-7-31-19)25-11-16-8-17(12-25)10-18(9-16)13-25/h1-7,16-18H,8-15H2. The van der Waals surface area contributed by atoms with E-state index < -0.39 is 0 Å². The van der Waals surface area contributed by atoms with E-state index in [4.69, 9.17) is 4.42 Å². The van der Waals surface area contributed by atoms with Crippen molar-refractivity contribution < 1.29 is 18.8 Å². The van der Waals surface area contributed by atoms with Gasteiger partial charge in [-0.25, -0.2) is 0 Å². The fraction of sp³-hybridized carbons (Fsp3) is 0.480. The predicted octanol–water partition coefficient (Wildman–Crippen LogP) is 3.87. The Hall–Kier alpha value is -2.89. The summed E-state index contributed by atoms with van der Waals surface area (Å²) in [6, 6.07) is 10.5. The summed E-state index contributed by atoms with van der Waals surface area (Å²) in [5.41, 5.74) is 0.581. The van der Waals surface area contributed by atoms with E-state index in [9.17, 15) is 14.4 Å². The first kappa shape index (κ1) is 18.8. The molecule has 2 aromatic rings. The largest absolute Gasteiger partial charge is 0.467 e. The quantitative estimate of drug-likeness (QED) is 0.691. The lowest BCUT2D eigenvalue weighted by Gasteiger charge is -2.60. The molecule has 0 saturated heterocycles. The maximum absolute atomic E-state index is 13.7. The molecule has 0 spiro atoms. The number of hydrogen-bond donors (Lipinski definition) is 0. The van der Waals surface area contributed by atoms with Crippen LogP contribution in [0.2, 0.25) is 0 Å². The summed E-state index contributed by atoms with van der Waals surface area (Å²) in [5, 5.41) is 0. The molecule has 5 aliphatic rings. The molecule has 0 atom stereocenters. The molecule has 31 heavy (non-hydrogen) atoms. The van der Waals surface area contributed by atoms with Crippen LogP contribution < -0.4 is 0 Å². The van der Waals surface area contributed by atoms with Gasteiger partial charge in [-0.1, -0.05) is 12.1 Å². The molecule has 4 aliphatic carbocycles. The van der Waals surface area contributed by atoms with Crippen LogP contribution in [-0.2, 0) is 11.3 Å². The highest BCUT2D eigenvalue weighted by atomic mass is 16.3. The van der Waals surface area contributed by atoms with Gasteiger partial charge in [0.05, 0.1) is 23.9 Å². The SMILES string of the molecule is O=C1c2ccccc2C(=O)N1CC(=O)N(Cc1ccco1)C12CC3CC(CC(C3)C1)C2. The molecule has 4 bridgehead atoms. The average molecular weight is 418 g/mol. The third kappa shape index (κ3) is 2.95. The summed E-state index contributed by atoms with van der Waals surface area (Å²) >= 11 is 0. The minimum absolute atomic E-state index is 0.159. The Balaban J connectivity index is 1.30. The van der Waals surface area contributed by atoms with Crippen molar-refractivity contribution >= 4 is 17.7 Å². The monoisotopic (exact) mass is 418 g/mol. The van der Waals surface area contributed by atoms with Crippen LogP contribution in [0.4, 0.5) is 0 Å². The van der Waals surface area contributed by atoms with Crippen molar-refractivity contribution in [2.75, 3.05) is 6.54 Å². The molecule has 160 valence electrons. The number of nitrogens with zero attached hydrogens (tertiary/aromatic N) is 2. The number of fused-ring (bicyclic) bond motifs is 1. The van der Waals surface area contributed by atoms with Crippen molar-refractivity contribution in [2.45, 2.75) is 50.6 Å². The molecule has 0 N–H and O–H groups in total. The topological polar surface area (TPSA) is 70.8 Å². The lowest BCUT2D eigenvalue weighted by atomic mass is 9.52. The van der Waals surface area contributed by atoms with Crippen molar-refractivity contribution in [3.8, 4) is 0 Å². The normalized spacial score (nSPS) is 30.7. The molecule has 1 aliphatic heterocycles. The lowest BCUT2D eigenvalue weighted by molar-refractivity contribution is -0.153. The number of furan rings is 1. The molecule has 6 nitrogen and oxygen atoms in total. The van der Waals surface area contributed by atoms with Gasteiger partial charge >= 0.3 is 0 Å². The molecule has 6 heteroatoms. The summed E-state index contributed by atoms with van der Waals surface area (Å²) in [6.07, 6.45) is 8.53. The Bertz CT molecular complexity index is 987. The highest BCUT2D eigenvalue weighted by Gasteiger charge is 2.55. The Morgan fingerprint density at radius 1 is 0.935 bits per heavy atom. The molecule has 0 unspecified atom stereocenters. The molecule has 1 aromatic heterocycles. The molecular weight excluding hydrogens is 392 g/mol. The van der Waals surface area contributed by atoms with Gasteiger partial charge in [0, 0.05) is 5.54 Å². The average Bonchev–Trinajstić information content (AvgIpc) is 3.34. The van der Waals surface area contributed by atoms with Crippen LogP contribution in [0.5, 0.6) is 0 Å². The number of carbonyl (C=O) groups is 3. The van der Waals surface area contributed by atoms with Gasteiger partial charge in [0.1, 0.15) is 12.3 Å². The van der Waals surface area contributed by atoms with Gasteiger partial charge in [0.15, 0.2) is 0 Å². The van der Waals surface area contributed by atoms with Crippen LogP contribution >= 0.6 is 0 Å². The number of amides is 3.